The molecule has 2 rings (SSSR count). The quantitative estimate of drug-likeness (QED) is 0.734. The molecule has 0 atom stereocenters. The second-order valence-corrected chi connectivity index (χ2v) is 7.08. The van der Waals surface area contributed by atoms with Gasteiger partial charge in [0, 0.05) is 22.9 Å². The van der Waals surface area contributed by atoms with E-state index in [0.717, 1.165) is 34.6 Å². The van der Waals surface area contributed by atoms with Crippen LogP contribution in [0.1, 0.15) is 22.8 Å². The maximum absolute atomic E-state index is 4.46. The Morgan fingerprint density at radius 2 is 1.20 bits per heavy atom. The predicted octanol–water partition coefficient (Wildman–Crippen LogP) is 3.39. The third kappa shape index (κ3) is 4.31. The molecule has 2 aromatic rings. The van der Waals surface area contributed by atoms with E-state index in [-0.39, 0.29) is 0 Å². The van der Waals surface area contributed by atoms with Crippen LogP contribution < -0.4 is 0 Å². The van der Waals surface area contributed by atoms with Crippen LogP contribution in [0.5, 0.6) is 0 Å². The van der Waals surface area contributed by atoms with Crippen molar-refractivity contribution in [3.63, 3.8) is 0 Å². The minimum Gasteiger partial charge on any atom is -0.260 e. The van der Waals surface area contributed by atoms with Crippen molar-refractivity contribution in [2.24, 2.45) is 0 Å². The fourth-order valence-electron chi connectivity index (χ4n) is 2.03. The second-order valence-electron chi connectivity index (χ2n) is 4.93. The molecule has 6 heteroatoms. The van der Waals surface area contributed by atoms with Crippen molar-refractivity contribution in [1.29, 1.82) is 0 Å². The number of nitrogens with zero attached hydrogens (tertiary/aromatic N) is 4. The molecule has 0 unspecified atom stereocenters. The zero-order valence-electron chi connectivity index (χ0n) is 12.6. The van der Waals surface area contributed by atoms with Gasteiger partial charge in [0.2, 0.25) is 0 Å². The first-order valence-corrected chi connectivity index (χ1v) is 9.05. The summed E-state index contributed by atoms with van der Waals surface area (Å²) in [7, 11) is 0. The van der Waals surface area contributed by atoms with E-state index in [9.17, 15) is 0 Å². The molecular formula is C14H22N4S2. The summed E-state index contributed by atoms with van der Waals surface area (Å²) in [6.07, 6.45) is 0. The van der Waals surface area contributed by atoms with Crippen LogP contribution in [0, 0.1) is 27.7 Å². The highest BCUT2D eigenvalue weighted by Crippen LogP contribution is 2.14. The molecule has 20 heavy (non-hydrogen) atoms. The van der Waals surface area contributed by atoms with Crippen LogP contribution in [0.3, 0.4) is 0 Å². The Morgan fingerprint density at radius 3 is 1.50 bits per heavy atom. The van der Waals surface area contributed by atoms with E-state index in [2.05, 4.69) is 45.5 Å². The molecule has 0 fully saturated rings. The Kier molecular flexibility index (Phi) is 5.60. The Morgan fingerprint density at radius 1 is 0.800 bits per heavy atom. The number of hydrogen-bond acceptors (Lipinski definition) is 4. The van der Waals surface area contributed by atoms with Crippen LogP contribution in [-0.2, 0) is 11.8 Å². The van der Waals surface area contributed by atoms with Gasteiger partial charge >= 0.3 is 0 Å². The van der Waals surface area contributed by atoms with Gasteiger partial charge in [0.1, 0.15) is 0 Å². The number of thioether (sulfide) groups is 2. The van der Waals surface area contributed by atoms with Crippen molar-refractivity contribution in [2.45, 2.75) is 39.4 Å². The summed E-state index contributed by atoms with van der Waals surface area (Å²) in [5.74, 6) is 4.17. The van der Waals surface area contributed by atoms with Gasteiger partial charge in [0.05, 0.1) is 23.1 Å². The van der Waals surface area contributed by atoms with E-state index >= 15 is 0 Å². The van der Waals surface area contributed by atoms with Crippen molar-refractivity contribution >= 4 is 23.5 Å². The molecule has 0 aromatic carbocycles. The van der Waals surface area contributed by atoms with Gasteiger partial charge in [-0.2, -0.15) is 10.2 Å². The molecule has 2 heterocycles. The molecule has 0 aliphatic heterocycles. The van der Waals surface area contributed by atoms with Crippen LogP contribution in [-0.4, -0.2) is 31.1 Å². The fraction of sp³-hybridized carbons (Fsp3) is 0.571. The normalized spacial score (nSPS) is 11.2. The molecule has 0 aliphatic rings. The Balaban J connectivity index is 1.62. The van der Waals surface area contributed by atoms with Gasteiger partial charge < -0.3 is 0 Å². The number of aromatic nitrogens is 4. The van der Waals surface area contributed by atoms with E-state index < -0.39 is 0 Å². The summed E-state index contributed by atoms with van der Waals surface area (Å²) in [5, 5.41) is 8.93. The van der Waals surface area contributed by atoms with Gasteiger partial charge in [0.15, 0.2) is 0 Å². The minimum absolute atomic E-state index is 0.945. The molecule has 0 radical (unpaired) electrons. The lowest BCUT2D eigenvalue weighted by atomic mass is 10.4. The molecule has 4 nitrogen and oxygen atoms in total. The number of rotatable bonds is 7. The van der Waals surface area contributed by atoms with Crippen molar-refractivity contribution < 1.29 is 0 Å². The lowest BCUT2D eigenvalue weighted by molar-refractivity contribution is 0.715. The van der Waals surface area contributed by atoms with Crippen LogP contribution in [0.15, 0.2) is 12.1 Å². The average Bonchev–Trinajstić information content (AvgIpc) is 2.86. The summed E-state index contributed by atoms with van der Waals surface area (Å²) in [5.41, 5.74) is 4.68. The lowest BCUT2D eigenvalue weighted by Crippen LogP contribution is -2.02. The predicted molar refractivity (Wildman–Crippen MR) is 88.3 cm³/mol. The molecule has 110 valence electrons. The van der Waals surface area contributed by atoms with Gasteiger partial charge in [-0.3, -0.25) is 9.36 Å². The first-order chi connectivity index (χ1) is 9.56. The Labute approximate surface area is 129 Å². The molecule has 0 aliphatic carbocycles. The standard InChI is InChI=1S/C14H22N4S2/c1-11-7-13(3)17(15-11)9-19-5-6-20-10-18-14(4)8-12(2)16-18/h7-8H,5-6,9-10H2,1-4H3. The molecular weight excluding hydrogens is 288 g/mol. The van der Waals surface area contributed by atoms with E-state index in [1.807, 2.05) is 37.4 Å². The molecule has 0 saturated heterocycles. The summed E-state index contributed by atoms with van der Waals surface area (Å²) >= 11 is 3.86. The molecule has 0 amide bonds. The molecule has 0 bridgehead atoms. The van der Waals surface area contributed by atoms with Gasteiger partial charge in [-0.1, -0.05) is 0 Å². The molecule has 2 aromatic heterocycles. The van der Waals surface area contributed by atoms with E-state index in [4.69, 9.17) is 0 Å². The van der Waals surface area contributed by atoms with Crippen LogP contribution in [0.4, 0.5) is 0 Å². The summed E-state index contributed by atoms with van der Waals surface area (Å²) in [6, 6.07) is 4.25. The maximum atomic E-state index is 4.46. The number of hydrogen-bond donors (Lipinski definition) is 0. The second kappa shape index (κ2) is 7.22. The zero-order valence-corrected chi connectivity index (χ0v) is 14.2. The first kappa shape index (κ1) is 15.5. The SMILES string of the molecule is Cc1cc(C)n(CSCCSCn2nc(C)cc2C)n1. The van der Waals surface area contributed by atoms with Crippen LogP contribution >= 0.6 is 23.5 Å². The van der Waals surface area contributed by atoms with E-state index in [1.54, 1.807) is 0 Å². The average molecular weight is 310 g/mol. The number of aryl methyl sites for hydroxylation is 4. The van der Waals surface area contributed by atoms with Gasteiger partial charge in [0.25, 0.3) is 0 Å². The minimum atomic E-state index is 0.945. The molecule has 0 saturated carbocycles. The molecule has 0 N–H and O–H groups in total. The largest absolute Gasteiger partial charge is 0.260 e. The zero-order chi connectivity index (χ0) is 14.5. The van der Waals surface area contributed by atoms with E-state index in [0.29, 0.717) is 0 Å². The van der Waals surface area contributed by atoms with Crippen LogP contribution in [0.2, 0.25) is 0 Å². The topological polar surface area (TPSA) is 35.6 Å². The van der Waals surface area contributed by atoms with Crippen molar-refractivity contribution in [2.75, 3.05) is 11.5 Å². The maximum Gasteiger partial charge on any atom is 0.0866 e. The third-order valence-corrected chi connectivity index (χ3v) is 5.10. The highest BCUT2D eigenvalue weighted by Gasteiger charge is 2.02. The summed E-state index contributed by atoms with van der Waals surface area (Å²) in [4.78, 5) is 0. The smallest absolute Gasteiger partial charge is 0.0866 e. The lowest BCUT2D eigenvalue weighted by Gasteiger charge is -2.06. The van der Waals surface area contributed by atoms with Crippen molar-refractivity contribution in [3.8, 4) is 0 Å². The van der Waals surface area contributed by atoms with Crippen molar-refractivity contribution in [1.82, 2.24) is 19.6 Å². The summed E-state index contributed by atoms with van der Waals surface area (Å²) in [6.45, 7) is 8.30. The highest BCUT2D eigenvalue weighted by molar-refractivity contribution is 8.02. The summed E-state index contributed by atoms with van der Waals surface area (Å²) < 4.78 is 4.15. The van der Waals surface area contributed by atoms with Gasteiger partial charge in [-0.05, 0) is 39.8 Å². The fourth-order valence-corrected chi connectivity index (χ4v) is 4.10. The van der Waals surface area contributed by atoms with Gasteiger partial charge in [-0.25, -0.2) is 0 Å². The van der Waals surface area contributed by atoms with Gasteiger partial charge in [-0.15, -0.1) is 23.5 Å². The third-order valence-electron chi connectivity index (χ3n) is 3.01. The Hall–Kier alpha value is -0.880. The first-order valence-electron chi connectivity index (χ1n) is 6.74. The van der Waals surface area contributed by atoms with E-state index in [1.165, 1.54) is 11.4 Å². The van der Waals surface area contributed by atoms with Crippen LogP contribution in [0.25, 0.3) is 0 Å². The van der Waals surface area contributed by atoms with Crippen molar-refractivity contribution in [3.05, 3.63) is 34.9 Å². The molecule has 0 spiro atoms. The monoisotopic (exact) mass is 310 g/mol. The highest BCUT2D eigenvalue weighted by atomic mass is 32.2. The Bertz CT molecular complexity index is 509.